The Labute approximate surface area is 185 Å². The van der Waals surface area contributed by atoms with Gasteiger partial charge in [0.2, 0.25) is 0 Å². The van der Waals surface area contributed by atoms with Gasteiger partial charge >= 0.3 is 0 Å². The van der Waals surface area contributed by atoms with Gasteiger partial charge in [-0.3, -0.25) is 0 Å². The van der Waals surface area contributed by atoms with Crippen molar-refractivity contribution >= 4 is 19.8 Å². The molecule has 31 heavy (non-hydrogen) atoms. The van der Waals surface area contributed by atoms with E-state index in [-0.39, 0.29) is 21.5 Å². The van der Waals surface area contributed by atoms with Crippen LogP contribution in [0.3, 0.4) is 0 Å². The fourth-order valence-corrected chi connectivity index (χ4v) is 8.12. The summed E-state index contributed by atoms with van der Waals surface area (Å²) in [4.78, 5) is 0.258. The summed E-state index contributed by atoms with van der Waals surface area (Å²) in [5, 5.41) is 11.5. The van der Waals surface area contributed by atoms with Crippen LogP contribution in [0.1, 0.15) is 32.3 Å². The summed E-state index contributed by atoms with van der Waals surface area (Å²) in [6.45, 7) is 9.54. The molecule has 0 amide bonds. The number of hydrogen-bond acceptors (Lipinski definition) is 4. The summed E-state index contributed by atoms with van der Waals surface area (Å²) in [6.07, 6.45) is 2.99. The molecule has 1 N–H and O–H groups in total. The molecule has 0 radical (unpaired) electrons. The second-order valence-electron chi connectivity index (χ2n) is 8.36. The van der Waals surface area contributed by atoms with Gasteiger partial charge in [-0.15, -0.1) is 3.77 Å². The minimum absolute atomic E-state index is 0.0236. The quantitative estimate of drug-likeness (QED) is 0.625. The summed E-state index contributed by atoms with van der Waals surface area (Å²) < 4.78 is 44.3. The predicted octanol–water partition coefficient (Wildman–Crippen LogP) is 4.87. The Balaban J connectivity index is 2.15. The molecule has 0 saturated carbocycles. The Morgan fingerprint density at radius 1 is 1.06 bits per heavy atom. The zero-order valence-corrected chi connectivity index (χ0v) is 19.7. The van der Waals surface area contributed by atoms with Crippen molar-refractivity contribution < 1.29 is 17.7 Å². The standard InChI is InChI=1S/C24H29NO4S2/c1-18(2)21-13-12-20(4)24(26,16-21)17-30(27,22-8-6-5-7-9-22)25-31(28,29)23-14-10-19(3)11-15-23/h5-12,14-15,21,26H,1,13,16-17H2,2-4H3/t21-,24?,30?/m1/s1. The van der Waals surface area contributed by atoms with Gasteiger partial charge in [0.1, 0.15) is 0 Å². The van der Waals surface area contributed by atoms with Crippen molar-refractivity contribution in [3.8, 4) is 0 Å². The van der Waals surface area contributed by atoms with E-state index in [0.29, 0.717) is 12.0 Å². The van der Waals surface area contributed by atoms with Gasteiger partial charge in [0.25, 0.3) is 10.0 Å². The Bertz CT molecular complexity index is 1220. The van der Waals surface area contributed by atoms with Gasteiger partial charge in [0.15, 0.2) is 0 Å². The van der Waals surface area contributed by atoms with Crippen molar-refractivity contribution in [2.45, 2.75) is 49.0 Å². The molecule has 1 aliphatic rings. The van der Waals surface area contributed by atoms with E-state index in [1.165, 1.54) is 12.1 Å². The van der Waals surface area contributed by atoms with Crippen LogP contribution in [0.15, 0.2) is 92.0 Å². The monoisotopic (exact) mass is 459 g/mol. The van der Waals surface area contributed by atoms with Crippen molar-refractivity contribution in [3.05, 3.63) is 84.0 Å². The van der Waals surface area contributed by atoms with Crippen LogP contribution in [0.4, 0.5) is 0 Å². The second-order valence-corrected chi connectivity index (χ2v) is 12.4. The summed E-state index contributed by atoms with van der Waals surface area (Å²) >= 11 is 0. The van der Waals surface area contributed by atoms with Gasteiger partial charge < -0.3 is 5.11 Å². The van der Waals surface area contributed by atoms with Crippen molar-refractivity contribution in [2.75, 3.05) is 5.75 Å². The Kier molecular flexibility index (Phi) is 6.60. The molecule has 0 heterocycles. The van der Waals surface area contributed by atoms with Crippen LogP contribution in [0.2, 0.25) is 0 Å². The van der Waals surface area contributed by atoms with Crippen LogP contribution in [-0.4, -0.2) is 29.1 Å². The first-order chi connectivity index (χ1) is 14.5. The Morgan fingerprint density at radius 3 is 2.26 bits per heavy atom. The fourth-order valence-electron chi connectivity index (χ4n) is 3.73. The Hall–Kier alpha value is -2.22. The molecular weight excluding hydrogens is 430 g/mol. The SMILES string of the molecule is C=C(C)[C@@H]1CC=C(C)C(O)(CS(=O)(=NS(=O)(=O)c2ccc(C)cc2)c2ccccc2)C1. The highest BCUT2D eigenvalue weighted by molar-refractivity contribution is 8.03. The lowest BCUT2D eigenvalue weighted by Crippen LogP contribution is -2.42. The minimum Gasteiger partial charge on any atom is -0.384 e. The van der Waals surface area contributed by atoms with Gasteiger partial charge in [-0.05, 0) is 69.4 Å². The van der Waals surface area contributed by atoms with Crippen molar-refractivity contribution in [1.82, 2.24) is 0 Å². The predicted molar refractivity (Wildman–Crippen MR) is 125 cm³/mol. The normalized spacial score (nSPS) is 23.5. The van der Waals surface area contributed by atoms with E-state index in [1.54, 1.807) is 49.4 Å². The molecule has 1 aliphatic carbocycles. The van der Waals surface area contributed by atoms with E-state index in [1.807, 2.05) is 19.9 Å². The van der Waals surface area contributed by atoms with E-state index in [0.717, 1.165) is 17.6 Å². The topological polar surface area (TPSA) is 83.8 Å². The highest BCUT2D eigenvalue weighted by atomic mass is 32.3. The highest BCUT2D eigenvalue weighted by Gasteiger charge is 2.40. The van der Waals surface area contributed by atoms with Crippen LogP contribution in [0, 0.1) is 12.8 Å². The molecule has 0 aliphatic heterocycles. The molecule has 3 atom stereocenters. The number of aliphatic hydroxyl groups is 1. The van der Waals surface area contributed by atoms with Crippen LogP contribution in [0.5, 0.6) is 0 Å². The average Bonchev–Trinajstić information content (AvgIpc) is 2.70. The molecule has 0 spiro atoms. The lowest BCUT2D eigenvalue weighted by atomic mass is 9.77. The summed E-state index contributed by atoms with van der Waals surface area (Å²) in [6, 6.07) is 14.6. The maximum atomic E-state index is 14.2. The molecule has 2 aromatic carbocycles. The number of allylic oxidation sites excluding steroid dienone is 2. The number of hydrogen-bond donors (Lipinski definition) is 1. The lowest BCUT2D eigenvalue weighted by Gasteiger charge is -2.37. The molecule has 5 nitrogen and oxygen atoms in total. The van der Waals surface area contributed by atoms with Gasteiger partial charge in [0.05, 0.1) is 26.0 Å². The van der Waals surface area contributed by atoms with Gasteiger partial charge in [-0.25, -0.2) is 4.21 Å². The summed E-state index contributed by atoms with van der Waals surface area (Å²) in [5.74, 6) is -0.275. The molecule has 7 heteroatoms. The largest absolute Gasteiger partial charge is 0.384 e. The molecule has 0 aromatic heterocycles. The van der Waals surface area contributed by atoms with Crippen LogP contribution < -0.4 is 0 Å². The first-order valence-electron chi connectivity index (χ1n) is 10.1. The molecule has 2 aromatic rings. The minimum atomic E-state index is -4.21. The summed E-state index contributed by atoms with van der Waals surface area (Å²) in [5.41, 5.74) is 1.07. The number of benzene rings is 2. The third kappa shape index (κ3) is 5.17. The molecule has 2 unspecified atom stereocenters. The van der Waals surface area contributed by atoms with E-state index in [2.05, 4.69) is 10.3 Å². The van der Waals surface area contributed by atoms with Crippen LogP contribution in [0.25, 0.3) is 0 Å². The molecule has 0 saturated heterocycles. The first-order valence-corrected chi connectivity index (χ1v) is 13.3. The van der Waals surface area contributed by atoms with Gasteiger partial charge in [-0.1, -0.05) is 54.1 Å². The maximum absolute atomic E-state index is 14.2. The number of nitrogens with zero attached hydrogens (tertiary/aromatic N) is 1. The Morgan fingerprint density at radius 2 is 1.68 bits per heavy atom. The number of rotatable bonds is 6. The van der Waals surface area contributed by atoms with Crippen LogP contribution >= 0.6 is 0 Å². The number of aryl methyl sites for hydroxylation is 1. The first kappa shape index (κ1) is 23.4. The van der Waals surface area contributed by atoms with Gasteiger partial charge in [-0.2, -0.15) is 8.42 Å². The highest BCUT2D eigenvalue weighted by Crippen LogP contribution is 2.38. The van der Waals surface area contributed by atoms with E-state index < -0.39 is 25.4 Å². The second kappa shape index (κ2) is 8.73. The molecule has 0 fully saturated rings. The number of sulfonamides is 1. The lowest BCUT2D eigenvalue weighted by molar-refractivity contribution is 0.0720. The summed E-state index contributed by atoms with van der Waals surface area (Å²) in [7, 11) is -7.71. The van der Waals surface area contributed by atoms with Crippen molar-refractivity contribution in [1.29, 1.82) is 0 Å². The third-order valence-electron chi connectivity index (χ3n) is 5.81. The average molecular weight is 460 g/mol. The molecule has 3 rings (SSSR count). The van der Waals surface area contributed by atoms with Gasteiger partial charge in [0, 0.05) is 4.90 Å². The zero-order valence-electron chi connectivity index (χ0n) is 18.1. The van der Waals surface area contributed by atoms with E-state index in [4.69, 9.17) is 0 Å². The fraction of sp³-hybridized carbons (Fsp3) is 0.333. The van der Waals surface area contributed by atoms with Crippen molar-refractivity contribution in [2.24, 2.45) is 9.69 Å². The van der Waals surface area contributed by atoms with E-state index >= 15 is 0 Å². The smallest absolute Gasteiger partial charge is 0.290 e. The molecule has 0 bridgehead atoms. The van der Waals surface area contributed by atoms with Crippen LogP contribution in [-0.2, 0) is 19.8 Å². The molecule has 166 valence electrons. The zero-order chi connectivity index (χ0) is 22.9. The molecular formula is C24H29NO4S2. The van der Waals surface area contributed by atoms with E-state index in [9.17, 15) is 17.7 Å². The third-order valence-corrected chi connectivity index (χ3v) is 10.3. The maximum Gasteiger partial charge on any atom is 0.290 e. The van der Waals surface area contributed by atoms with Crippen molar-refractivity contribution in [3.63, 3.8) is 0 Å².